The molecule has 0 fully saturated rings. The van der Waals surface area contributed by atoms with E-state index in [0.29, 0.717) is 27.8 Å². The van der Waals surface area contributed by atoms with Crippen molar-refractivity contribution in [2.75, 3.05) is 12.4 Å². The normalized spacial score (nSPS) is 10.7. The highest BCUT2D eigenvalue weighted by atomic mass is 35.5. The number of nitrogens with zero attached hydrogens (tertiary/aromatic N) is 3. The van der Waals surface area contributed by atoms with Crippen molar-refractivity contribution >= 4 is 29.0 Å². The van der Waals surface area contributed by atoms with Crippen molar-refractivity contribution in [2.45, 2.75) is 0 Å². The van der Waals surface area contributed by atoms with Crippen molar-refractivity contribution in [3.05, 3.63) is 77.7 Å². The molecule has 2 heterocycles. The van der Waals surface area contributed by atoms with Gasteiger partial charge in [0.05, 0.1) is 29.1 Å². The molecule has 0 atom stereocenters. The molecule has 0 saturated carbocycles. The zero-order valence-corrected chi connectivity index (χ0v) is 15.1. The van der Waals surface area contributed by atoms with Gasteiger partial charge in [0.25, 0.3) is 5.91 Å². The molecule has 4 rings (SSSR count). The van der Waals surface area contributed by atoms with Gasteiger partial charge in [0.1, 0.15) is 5.75 Å². The predicted molar refractivity (Wildman–Crippen MR) is 104 cm³/mol. The van der Waals surface area contributed by atoms with Gasteiger partial charge in [-0.25, -0.2) is 9.97 Å². The maximum atomic E-state index is 12.6. The van der Waals surface area contributed by atoms with Crippen LogP contribution in [0.1, 0.15) is 10.4 Å². The van der Waals surface area contributed by atoms with E-state index in [4.69, 9.17) is 16.3 Å². The van der Waals surface area contributed by atoms with Crippen LogP contribution < -0.4 is 10.1 Å². The molecular formula is C20H15ClN4O2. The van der Waals surface area contributed by atoms with Crippen molar-refractivity contribution in [3.8, 4) is 17.0 Å². The van der Waals surface area contributed by atoms with Crippen molar-refractivity contribution < 1.29 is 9.53 Å². The summed E-state index contributed by atoms with van der Waals surface area (Å²) in [5.74, 6) is 0.832. The number of nitrogens with one attached hydrogen (secondary N) is 1. The van der Waals surface area contributed by atoms with E-state index in [-0.39, 0.29) is 5.91 Å². The molecule has 0 radical (unpaired) electrons. The maximum Gasteiger partial charge on any atom is 0.257 e. The second-order valence-electron chi connectivity index (χ2n) is 5.80. The van der Waals surface area contributed by atoms with Gasteiger partial charge in [-0.05, 0) is 36.4 Å². The number of halogens is 1. The van der Waals surface area contributed by atoms with Gasteiger partial charge >= 0.3 is 0 Å². The van der Waals surface area contributed by atoms with Crippen molar-refractivity contribution in [1.29, 1.82) is 0 Å². The number of carbonyl (C=O) groups excluding carboxylic acids is 1. The molecule has 0 saturated heterocycles. The number of fused-ring (bicyclic) bond motifs is 1. The number of hydrogen-bond acceptors (Lipinski definition) is 4. The lowest BCUT2D eigenvalue weighted by Crippen LogP contribution is -2.13. The fraction of sp³-hybridized carbons (Fsp3) is 0.0500. The highest BCUT2D eigenvalue weighted by Crippen LogP contribution is 2.31. The van der Waals surface area contributed by atoms with Gasteiger partial charge in [0.2, 0.25) is 5.78 Å². The van der Waals surface area contributed by atoms with E-state index < -0.39 is 0 Å². The summed E-state index contributed by atoms with van der Waals surface area (Å²) in [5, 5.41) is 3.25. The Balaban J connectivity index is 1.70. The fourth-order valence-electron chi connectivity index (χ4n) is 2.77. The molecule has 0 aliphatic rings. The van der Waals surface area contributed by atoms with Crippen LogP contribution in [0.25, 0.3) is 17.0 Å². The van der Waals surface area contributed by atoms with Crippen LogP contribution in [0.5, 0.6) is 5.75 Å². The lowest BCUT2D eigenvalue weighted by Gasteiger charge is -2.12. The number of methoxy groups -OCH3 is 1. The first-order chi connectivity index (χ1) is 13.2. The minimum atomic E-state index is -0.312. The van der Waals surface area contributed by atoms with Crippen LogP contribution in [0.4, 0.5) is 5.69 Å². The molecule has 27 heavy (non-hydrogen) atoms. The van der Waals surface area contributed by atoms with Gasteiger partial charge in [0, 0.05) is 24.2 Å². The first kappa shape index (κ1) is 17.1. The average Bonchev–Trinajstić information content (AvgIpc) is 3.12. The van der Waals surface area contributed by atoms with Crippen LogP contribution in [0.15, 0.2) is 67.1 Å². The van der Waals surface area contributed by atoms with Gasteiger partial charge in [0.15, 0.2) is 0 Å². The van der Waals surface area contributed by atoms with E-state index in [1.54, 1.807) is 43.6 Å². The van der Waals surface area contributed by atoms with Crippen LogP contribution in [-0.4, -0.2) is 27.4 Å². The van der Waals surface area contributed by atoms with Gasteiger partial charge in [-0.1, -0.05) is 23.7 Å². The standard InChI is InChI=1S/C20H15ClN4O2/c1-27-18-8-7-13(17-12-25-10-4-9-22-20(25)24-17)11-16(18)23-19(26)14-5-2-3-6-15(14)21/h2-12H,1H3,(H,23,26). The number of aromatic nitrogens is 3. The third-order valence-electron chi connectivity index (χ3n) is 4.10. The summed E-state index contributed by atoms with van der Waals surface area (Å²) in [6.45, 7) is 0. The molecule has 0 aliphatic carbocycles. The molecular weight excluding hydrogens is 364 g/mol. The van der Waals surface area contributed by atoms with E-state index in [0.717, 1.165) is 11.3 Å². The Morgan fingerprint density at radius 1 is 1.19 bits per heavy atom. The summed E-state index contributed by atoms with van der Waals surface area (Å²) in [4.78, 5) is 21.3. The predicted octanol–water partition coefficient (Wildman–Crippen LogP) is 4.31. The number of benzene rings is 2. The summed E-state index contributed by atoms with van der Waals surface area (Å²) in [7, 11) is 1.55. The highest BCUT2D eigenvalue weighted by Gasteiger charge is 2.14. The van der Waals surface area contributed by atoms with Gasteiger partial charge in [-0.2, -0.15) is 0 Å². The zero-order valence-electron chi connectivity index (χ0n) is 14.4. The van der Waals surface area contributed by atoms with E-state index in [2.05, 4.69) is 15.3 Å². The minimum absolute atomic E-state index is 0.312. The van der Waals surface area contributed by atoms with Crippen molar-refractivity contribution in [2.24, 2.45) is 0 Å². The Morgan fingerprint density at radius 3 is 2.81 bits per heavy atom. The van der Waals surface area contributed by atoms with E-state index in [9.17, 15) is 4.79 Å². The molecule has 134 valence electrons. The van der Waals surface area contributed by atoms with Crippen LogP contribution in [0, 0.1) is 0 Å². The van der Waals surface area contributed by atoms with Crippen molar-refractivity contribution in [3.63, 3.8) is 0 Å². The number of ether oxygens (including phenoxy) is 1. The fourth-order valence-corrected chi connectivity index (χ4v) is 2.99. The summed E-state index contributed by atoms with van der Waals surface area (Å²) < 4.78 is 7.21. The number of hydrogen-bond donors (Lipinski definition) is 1. The molecule has 7 heteroatoms. The molecule has 0 bridgehead atoms. The molecule has 0 spiro atoms. The SMILES string of the molecule is COc1ccc(-c2cn3cccnc3n2)cc1NC(=O)c1ccccc1Cl. The van der Waals surface area contributed by atoms with Crippen LogP contribution >= 0.6 is 11.6 Å². The second kappa shape index (κ2) is 7.09. The Hall–Kier alpha value is -3.38. The summed E-state index contributed by atoms with van der Waals surface area (Å²) in [5.41, 5.74) is 2.49. The summed E-state index contributed by atoms with van der Waals surface area (Å²) in [6.07, 6.45) is 5.45. The molecule has 1 amide bonds. The third kappa shape index (κ3) is 3.35. The number of imidazole rings is 1. The quantitative estimate of drug-likeness (QED) is 0.574. The smallest absolute Gasteiger partial charge is 0.257 e. The van der Waals surface area contributed by atoms with Crippen LogP contribution in [-0.2, 0) is 0 Å². The Bertz CT molecular complexity index is 1110. The van der Waals surface area contributed by atoms with E-state index in [1.807, 2.05) is 35.0 Å². The monoisotopic (exact) mass is 378 g/mol. The summed E-state index contributed by atoms with van der Waals surface area (Å²) in [6, 6.07) is 14.2. The number of rotatable bonds is 4. The lowest BCUT2D eigenvalue weighted by atomic mass is 10.1. The molecule has 2 aromatic heterocycles. The highest BCUT2D eigenvalue weighted by molar-refractivity contribution is 6.34. The molecule has 0 unspecified atom stereocenters. The molecule has 0 aliphatic heterocycles. The zero-order chi connectivity index (χ0) is 18.8. The molecule has 1 N–H and O–H groups in total. The number of carbonyl (C=O) groups is 1. The van der Waals surface area contributed by atoms with Gasteiger partial charge < -0.3 is 10.1 Å². The lowest BCUT2D eigenvalue weighted by molar-refractivity contribution is 0.102. The maximum absolute atomic E-state index is 12.6. The largest absolute Gasteiger partial charge is 0.495 e. The number of amides is 1. The molecule has 2 aromatic carbocycles. The Kier molecular flexibility index (Phi) is 4.48. The summed E-state index contributed by atoms with van der Waals surface area (Å²) >= 11 is 6.12. The Labute approximate surface area is 160 Å². The third-order valence-corrected chi connectivity index (χ3v) is 4.43. The van der Waals surface area contributed by atoms with E-state index >= 15 is 0 Å². The minimum Gasteiger partial charge on any atom is -0.495 e. The van der Waals surface area contributed by atoms with Crippen LogP contribution in [0.2, 0.25) is 5.02 Å². The molecule has 4 aromatic rings. The first-order valence-corrected chi connectivity index (χ1v) is 8.57. The Morgan fingerprint density at radius 2 is 2.04 bits per heavy atom. The topological polar surface area (TPSA) is 68.5 Å². The van der Waals surface area contributed by atoms with Gasteiger partial charge in [-0.15, -0.1) is 0 Å². The first-order valence-electron chi connectivity index (χ1n) is 8.20. The van der Waals surface area contributed by atoms with E-state index in [1.165, 1.54) is 0 Å². The second-order valence-corrected chi connectivity index (χ2v) is 6.21. The van der Waals surface area contributed by atoms with Crippen molar-refractivity contribution in [1.82, 2.24) is 14.4 Å². The number of anilines is 1. The van der Waals surface area contributed by atoms with Gasteiger partial charge in [-0.3, -0.25) is 9.20 Å². The van der Waals surface area contributed by atoms with Crippen LogP contribution in [0.3, 0.4) is 0 Å². The average molecular weight is 379 g/mol. The molecule has 6 nitrogen and oxygen atoms in total.